The fourth-order valence-corrected chi connectivity index (χ4v) is 2.87. The van der Waals surface area contributed by atoms with Gasteiger partial charge in [0, 0.05) is 17.6 Å². The summed E-state index contributed by atoms with van der Waals surface area (Å²) in [6.45, 7) is 2.15. The number of hydrogen-bond acceptors (Lipinski definition) is 3. The zero-order valence-corrected chi connectivity index (χ0v) is 10.8. The van der Waals surface area contributed by atoms with Crippen molar-refractivity contribution in [3.8, 4) is 0 Å². The Bertz CT molecular complexity index is 617. The van der Waals surface area contributed by atoms with Crippen molar-refractivity contribution in [2.75, 3.05) is 18.0 Å². The molecule has 1 aromatic heterocycles. The molecule has 1 N–H and O–H groups in total. The molecule has 5 heteroatoms. The van der Waals surface area contributed by atoms with E-state index in [2.05, 4.69) is 30.8 Å². The average Bonchev–Trinajstić information content (AvgIpc) is 2.83. The van der Waals surface area contributed by atoms with E-state index in [1.807, 2.05) is 12.1 Å². The summed E-state index contributed by atoms with van der Waals surface area (Å²) >= 11 is 3.54. The van der Waals surface area contributed by atoms with Gasteiger partial charge in [-0.15, -0.1) is 0 Å². The minimum atomic E-state index is -0.0938. The predicted octanol–water partition coefficient (Wildman–Crippen LogP) is 2.29. The molecular weight excluding hydrogens is 282 g/mol. The van der Waals surface area contributed by atoms with Gasteiger partial charge in [-0.1, -0.05) is 0 Å². The van der Waals surface area contributed by atoms with Gasteiger partial charge in [-0.2, -0.15) is 0 Å². The van der Waals surface area contributed by atoms with Gasteiger partial charge in [0.15, 0.2) is 0 Å². The lowest BCUT2D eigenvalue weighted by atomic mass is 10.2. The van der Waals surface area contributed by atoms with Crippen LogP contribution in [-0.4, -0.2) is 23.1 Å². The molecule has 2 heterocycles. The van der Waals surface area contributed by atoms with Crippen LogP contribution < -0.4 is 10.5 Å². The molecule has 0 spiro atoms. The second-order valence-electron chi connectivity index (χ2n) is 4.25. The lowest BCUT2D eigenvalue weighted by molar-refractivity contribution is 0.949. The van der Waals surface area contributed by atoms with E-state index in [4.69, 9.17) is 0 Å². The van der Waals surface area contributed by atoms with Crippen molar-refractivity contribution in [1.29, 1.82) is 0 Å². The van der Waals surface area contributed by atoms with Crippen LogP contribution in [0.1, 0.15) is 12.8 Å². The Morgan fingerprint density at radius 2 is 2.06 bits per heavy atom. The van der Waals surface area contributed by atoms with Crippen LogP contribution in [0, 0.1) is 0 Å². The van der Waals surface area contributed by atoms with E-state index in [-0.39, 0.29) is 5.56 Å². The van der Waals surface area contributed by atoms with Crippen LogP contribution in [0.15, 0.2) is 27.7 Å². The highest BCUT2D eigenvalue weighted by Gasteiger charge is 2.16. The molecule has 0 bridgehead atoms. The van der Waals surface area contributed by atoms with Gasteiger partial charge in [0.05, 0.1) is 22.9 Å². The highest BCUT2D eigenvalue weighted by Crippen LogP contribution is 2.31. The molecule has 17 heavy (non-hydrogen) atoms. The van der Waals surface area contributed by atoms with E-state index in [0.29, 0.717) is 5.39 Å². The first-order chi connectivity index (χ1) is 8.25. The number of H-pyrrole nitrogens is 1. The molecule has 1 saturated heterocycles. The molecule has 4 nitrogen and oxygen atoms in total. The number of rotatable bonds is 1. The second kappa shape index (κ2) is 4.14. The maximum Gasteiger partial charge on any atom is 0.258 e. The fourth-order valence-electron chi connectivity index (χ4n) is 2.28. The molecule has 1 aliphatic rings. The van der Waals surface area contributed by atoms with Crippen molar-refractivity contribution in [2.24, 2.45) is 0 Å². The zero-order chi connectivity index (χ0) is 11.8. The molecule has 0 unspecified atom stereocenters. The van der Waals surface area contributed by atoms with Gasteiger partial charge < -0.3 is 9.88 Å². The quantitative estimate of drug-likeness (QED) is 0.878. The molecule has 88 valence electrons. The van der Waals surface area contributed by atoms with Crippen molar-refractivity contribution in [1.82, 2.24) is 9.97 Å². The van der Waals surface area contributed by atoms with Gasteiger partial charge in [-0.3, -0.25) is 4.79 Å². The van der Waals surface area contributed by atoms with E-state index < -0.39 is 0 Å². The van der Waals surface area contributed by atoms with Crippen molar-refractivity contribution < 1.29 is 0 Å². The van der Waals surface area contributed by atoms with E-state index in [1.165, 1.54) is 19.2 Å². The Morgan fingerprint density at radius 1 is 1.29 bits per heavy atom. The first-order valence-electron chi connectivity index (χ1n) is 5.67. The molecule has 0 aliphatic carbocycles. The van der Waals surface area contributed by atoms with Gasteiger partial charge in [0.2, 0.25) is 0 Å². The van der Waals surface area contributed by atoms with Crippen molar-refractivity contribution >= 4 is 32.5 Å². The van der Waals surface area contributed by atoms with Gasteiger partial charge in [0.25, 0.3) is 5.56 Å². The monoisotopic (exact) mass is 293 g/mol. The Kier molecular flexibility index (Phi) is 2.63. The first kappa shape index (κ1) is 10.8. The van der Waals surface area contributed by atoms with Gasteiger partial charge >= 0.3 is 0 Å². The van der Waals surface area contributed by atoms with Crippen molar-refractivity contribution in [2.45, 2.75) is 12.8 Å². The molecule has 2 aromatic rings. The number of aromatic nitrogens is 2. The number of benzene rings is 1. The third-order valence-corrected chi connectivity index (χ3v) is 3.79. The van der Waals surface area contributed by atoms with Crippen LogP contribution in [0.5, 0.6) is 0 Å². The Balaban J connectivity index is 2.20. The van der Waals surface area contributed by atoms with Crippen LogP contribution in [-0.2, 0) is 0 Å². The molecule has 1 fully saturated rings. The summed E-state index contributed by atoms with van der Waals surface area (Å²) in [6, 6.07) is 3.84. The standard InChI is InChI=1S/C12H12BrN3O/c13-9-5-8-10(14-7-15-12(8)17)6-11(9)16-3-1-2-4-16/h5-7H,1-4H2,(H,14,15,17). The van der Waals surface area contributed by atoms with Crippen molar-refractivity contribution in [3.05, 3.63) is 33.3 Å². The molecule has 1 aromatic carbocycles. The van der Waals surface area contributed by atoms with Gasteiger partial charge in [0.1, 0.15) is 0 Å². The van der Waals surface area contributed by atoms with E-state index in [0.717, 1.165) is 28.8 Å². The largest absolute Gasteiger partial charge is 0.371 e. The van der Waals surface area contributed by atoms with Crippen molar-refractivity contribution in [3.63, 3.8) is 0 Å². The van der Waals surface area contributed by atoms with Gasteiger partial charge in [-0.25, -0.2) is 4.98 Å². The normalized spacial score (nSPS) is 15.7. The number of aromatic amines is 1. The lowest BCUT2D eigenvalue weighted by Crippen LogP contribution is -2.18. The van der Waals surface area contributed by atoms with E-state index in [1.54, 1.807) is 0 Å². The maximum atomic E-state index is 11.6. The van der Waals surface area contributed by atoms with Crippen LogP contribution in [0.3, 0.4) is 0 Å². The maximum absolute atomic E-state index is 11.6. The average molecular weight is 294 g/mol. The summed E-state index contributed by atoms with van der Waals surface area (Å²) in [5.41, 5.74) is 1.79. The number of nitrogens with zero attached hydrogens (tertiary/aromatic N) is 2. The number of anilines is 1. The molecule has 0 amide bonds. The van der Waals surface area contributed by atoms with E-state index in [9.17, 15) is 4.79 Å². The molecule has 0 atom stereocenters. The molecule has 1 aliphatic heterocycles. The smallest absolute Gasteiger partial charge is 0.258 e. The van der Waals surface area contributed by atoms with Crippen LogP contribution >= 0.6 is 15.9 Å². The lowest BCUT2D eigenvalue weighted by Gasteiger charge is -2.19. The summed E-state index contributed by atoms with van der Waals surface area (Å²) in [4.78, 5) is 20.8. The number of halogens is 1. The second-order valence-corrected chi connectivity index (χ2v) is 5.10. The Hall–Kier alpha value is -1.36. The summed E-state index contributed by atoms with van der Waals surface area (Å²) in [7, 11) is 0. The predicted molar refractivity (Wildman–Crippen MR) is 71.5 cm³/mol. The van der Waals surface area contributed by atoms with Gasteiger partial charge in [-0.05, 0) is 40.9 Å². The number of hydrogen-bond donors (Lipinski definition) is 1. The summed E-state index contributed by atoms with van der Waals surface area (Å²) in [5, 5.41) is 0.627. The number of nitrogens with one attached hydrogen (secondary N) is 1. The topological polar surface area (TPSA) is 49.0 Å². The molecule has 0 saturated carbocycles. The highest BCUT2D eigenvalue weighted by atomic mass is 79.9. The van der Waals surface area contributed by atoms with Crippen LogP contribution in [0.2, 0.25) is 0 Å². The first-order valence-corrected chi connectivity index (χ1v) is 6.47. The Labute approximate surface area is 107 Å². The molecule has 3 rings (SSSR count). The van der Waals surface area contributed by atoms with Crippen LogP contribution in [0.4, 0.5) is 5.69 Å². The van der Waals surface area contributed by atoms with Crippen LogP contribution in [0.25, 0.3) is 10.9 Å². The minimum absolute atomic E-state index is 0.0938. The summed E-state index contributed by atoms with van der Waals surface area (Å²) in [6.07, 6.45) is 3.91. The Morgan fingerprint density at radius 3 is 2.82 bits per heavy atom. The zero-order valence-electron chi connectivity index (χ0n) is 9.24. The fraction of sp³-hybridized carbons (Fsp3) is 0.333. The number of fused-ring (bicyclic) bond motifs is 1. The summed E-state index contributed by atoms with van der Waals surface area (Å²) < 4.78 is 0.963. The molecular formula is C12H12BrN3O. The van der Waals surface area contributed by atoms with E-state index >= 15 is 0 Å². The third-order valence-electron chi connectivity index (χ3n) is 3.16. The highest BCUT2D eigenvalue weighted by molar-refractivity contribution is 9.10. The third kappa shape index (κ3) is 1.84. The minimum Gasteiger partial charge on any atom is -0.371 e. The SMILES string of the molecule is O=c1[nH]cnc2cc(N3CCCC3)c(Br)cc12. The summed E-state index contributed by atoms with van der Waals surface area (Å²) in [5.74, 6) is 0. The molecule has 0 radical (unpaired) electrons.